The summed E-state index contributed by atoms with van der Waals surface area (Å²) >= 11 is 0. The molecular weight excluding hydrogens is 231 g/mol. The molecule has 0 fully saturated rings. The lowest BCUT2D eigenvalue weighted by atomic mass is 9.99. The van der Waals surface area contributed by atoms with Gasteiger partial charge < -0.3 is 4.98 Å². The molecule has 0 aliphatic carbocycles. The van der Waals surface area contributed by atoms with Crippen molar-refractivity contribution >= 4 is 0 Å². The molecule has 1 aromatic carbocycles. The average Bonchev–Trinajstić information content (AvgIpc) is 2.31. The van der Waals surface area contributed by atoms with Gasteiger partial charge >= 0.3 is 0 Å². The molecule has 0 radical (unpaired) electrons. The molecule has 1 N–H and O–H groups in total. The van der Waals surface area contributed by atoms with Crippen LogP contribution >= 0.6 is 0 Å². The Morgan fingerprint density at radius 3 is 2.61 bits per heavy atom. The van der Waals surface area contributed by atoms with Crippen molar-refractivity contribution in [1.29, 1.82) is 5.26 Å². The minimum absolute atomic E-state index is 0.0647. The van der Waals surface area contributed by atoms with Crippen molar-refractivity contribution in [3.63, 3.8) is 0 Å². The number of nitriles is 1. The van der Waals surface area contributed by atoms with Crippen molar-refractivity contribution in [3.8, 4) is 17.2 Å². The molecule has 1 aromatic heterocycles. The largest absolute Gasteiger partial charge is 0.325 e. The van der Waals surface area contributed by atoms with Gasteiger partial charge in [-0.05, 0) is 32.0 Å². The van der Waals surface area contributed by atoms with Gasteiger partial charge in [-0.3, -0.25) is 4.79 Å². The molecule has 1 heterocycles. The van der Waals surface area contributed by atoms with Crippen LogP contribution in [0.25, 0.3) is 11.1 Å². The number of benzene rings is 1. The van der Waals surface area contributed by atoms with Gasteiger partial charge in [-0.15, -0.1) is 0 Å². The topological polar surface area (TPSA) is 56.6 Å². The number of rotatable bonds is 1. The third-order valence-electron chi connectivity index (χ3n) is 2.69. The monoisotopic (exact) mass is 242 g/mol. The number of nitrogens with one attached hydrogen (secondary N) is 1. The predicted molar refractivity (Wildman–Crippen MR) is 66.6 cm³/mol. The maximum Gasteiger partial charge on any atom is 0.266 e. The first kappa shape index (κ1) is 12.1. The minimum Gasteiger partial charge on any atom is -0.325 e. The Labute approximate surface area is 104 Å². The fraction of sp³-hybridized carbons (Fsp3) is 0.143. The van der Waals surface area contributed by atoms with Crippen LogP contribution in [-0.4, -0.2) is 4.98 Å². The van der Waals surface area contributed by atoms with E-state index < -0.39 is 11.4 Å². The number of halogens is 1. The maximum absolute atomic E-state index is 13.8. The second-order valence-electron chi connectivity index (χ2n) is 4.17. The van der Waals surface area contributed by atoms with Crippen molar-refractivity contribution in [3.05, 3.63) is 57.3 Å². The summed E-state index contributed by atoms with van der Waals surface area (Å²) in [7, 11) is 0. The molecule has 0 unspecified atom stereocenters. The maximum atomic E-state index is 13.8. The highest BCUT2D eigenvalue weighted by molar-refractivity contribution is 5.71. The van der Waals surface area contributed by atoms with E-state index in [2.05, 4.69) is 4.98 Å². The number of hydrogen-bond donors (Lipinski definition) is 1. The molecule has 2 aromatic rings. The van der Waals surface area contributed by atoms with Gasteiger partial charge in [-0.1, -0.05) is 11.6 Å². The summed E-state index contributed by atoms with van der Waals surface area (Å²) in [6.45, 7) is 3.52. The Hall–Kier alpha value is -2.41. The summed E-state index contributed by atoms with van der Waals surface area (Å²) in [5.41, 5.74) is 1.52. The van der Waals surface area contributed by atoms with Crippen LogP contribution in [0.5, 0.6) is 0 Å². The molecule has 0 aliphatic heterocycles. The van der Waals surface area contributed by atoms with Crippen molar-refractivity contribution < 1.29 is 4.39 Å². The zero-order valence-electron chi connectivity index (χ0n) is 10.0. The Bertz CT molecular complexity index is 711. The number of aromatic nitrogens is 1. The van der Waals surface area contributed by atoms with Gasteiger partial charge in [0, 0.05) is 16.8 Å². The number of aromatic amines is 1. The van der Waals surface area contributed by atoms with Gasteiger partial charge in [0.25, 0.3) is 5.56 Å². The second-order valence-corrected chi connectivity index (χ2v) is 4.17. The Balaban J connectivity index is 2.83. The lowest BCUT2D eigenvalue weighted by Gasteiger charge is -2.07. The van der Waals surface area contributed by atoms with Gasteiger partial charge in [0.2, 0.25) is 0 Å². The van der Waals surface area contributed by atoms with Gasteiger partial charge in [0.15, 0.2) is 0 Å². The molecule has 0 spiro atoms. The van der Waals surface area contributed by atoms with E-state index in [1.165, 1.54) is 6.07 Å². The van der Waals surface area contributed by atoms with E-state index in [1.54, 1.807) is 25.1 Å². The first-order valence-corrected chi connectivity index (χ1v) is 5.43. The van der Waals surface area contributed by atoms with Gasteiger partial charge in [0.05, 0.1) is 0 Å². The fourth-order valence-corrected chi connectivity index (χ4v) is 1.86. The van der Waals surface area contributed by atoms with E-state index in [4.69, 9.17) is 5.26 Å². The van der Waals surface area contributed by atoms with E-state index in [1.807, 2.05) is 13.0 Å². The van der Waals surface area contributed by atoms with Crippen LogP contribution in [0.4, 0.5) is 4.39 Å². The highest BCUT2D eigenvalue weighted by atomic mass is 19.1. The molecule has 90 valence electrons. The summed E-state index contributed by atoms with van der Waals surface area (Å²) in [6, 6.07) is 8.04. The van der Waals surface area contributed by atoms with E-state index in [-0.39, 0.29) is 11.1 Å². The molecule has 2 rings (SSSR count). The third-order valence-corrected chi connectivity index (χ3v) is 2.69. The van der Waals surface area contributed by atoms with E-state index in [0.717, 1.165) is 5.56 Å². The highest BCUT2D eigenvalue weighted by Gasteiger charge is 2.13. The molecule has 3 nitrogen and oxygen atoms in total. The highest BCUT2D eigenvalue weighted by Crippen LogP contribution is 2.25. The minimum atomic E-state index is -0.492. The number of aryl methyl sites for hydroxylation is 2. The average molecular weight is 242 g/mol. The summed E-state index contributed by atoms with van der Waals surface area (Å²) in [6.07, 6.45) is 0. The molecular formula is C14H11FN2O. The van der Waals surface area contributed by atoms with Crippen molar-refractivity contribution in [2.75, 3.05) is 0 Å². The van der Waals surface area contributed by atoms with Crippen molar-refractivity contribution in [1.82, 2.24) is 4.98 Å². The summed E-state index contributed by atoms with van der Waals surface area (Å²) < 4.78 is 13.8. The first-order valence-electron chi connectivity index (χ1n) is 5.43. The van der Waals surface area contributed by atoms with Crippen LogP contribution in [0.1, 0.15) is 16.8 Å². The number of nitrogens with zero attached hydrogens (tertiary/aromatic N) is 1. The first-order chi connectivity index (χ1) is 8.52. The normalized spacial score (nSPS) is 10.1. The number of hydrogen-bond acceptors (Lipinski definition) is 2. The fourth-order valence-electron chi connectivity index (χ4n) is 1.86. The van der Waals surface area contributed by atoms with Crippen LogP contribution in [0.15, 0.2) is 29.1 Å². The van der Waals surface area contributed by atoms with Gasteiger partial charge in [-0.2, -0.15) is 5.26 Å². The summed E-state index contributed by atoms with van der Waals surface area (Å²) in [4.78, 5) is 14.2. The van der Waals surface area contributed by atoms with Crippen LogP contribution in [0.2, 0.25) is 0 Å². The zero-order valence-corrected chi connectivity index (χ0v) is 10.0. The Morgan fingerprint density at radius 2 is 1.94 bits per heavy atom. The van der Waals surface area contributed by atoms with E-state index >= 15 is 0 Å². The van der Waals surface area contributed by atoms with Crippen molar-refractivity contribution in [2.24, 2.45) is 0 Å². The Morgan fingerprint density at radius 1 is 1.22 bits per heavy atom. The summed E-state index contributed by atoms with van der Waals surface area (Å²) in [5, 5.41) is 9.02. The molecule has 4 heteroatoms. The van der Waals surface area contributed by atoms with Gasteiger partial charge in [-0.25, -0.2) is 4.39 Å². The van der Waals surface area contributed by atoms with Gasteiger partial charge in [0.1, 0.15) is 17.4 Å². The summed E-state index contributed by atoms with van der Waals surface area (Å²) in [5.74, 6) is -0.443. The Kier molecular flexibility index (Phi) is 2.99. The molecule has 0 saturated heterocycles. The smallest absolute Gasteiger partial charge is 0.266 e. The SMILES string of the molecule is Cc1ccc(F)c(-c2cc(C)[nH]c(=O)c2C#N)c1. The lowest BCUT2D eigenvalue weighted by Crippen LogP contribution is -2.13. The lowest BCUT2D eigenvalue weighted by molar-refractivity contribution is 0.631. The number of H-pyrrole nitrogens is 1. The molecule has 0 amide bonds. The third kappa shape index (κ3) is 2.03. The molecule has 0 bridgehead atoms. The quantitative estimate of drug-likeness (QED) is 0.835. The number of pyridine rings is 1. The molecule has 0 atom stereocenters. The second kappa shape index (κ2) is 4.46. The molecule has 0 saturated carbocycles. The van der Waals surface area contributed by atoms with E-state index in [9.17, 15) is 9.18 Å². The van der Waals surface area contributed by atoms with Crippen LogP contribution in [0, 0.1) is 31.0 Å². The van der Waals surface area contributed by atoms with Crippen LogP contribution in [0.3, 0.4) is 0 Å². The van der Waals surface area contributed by atoms with E-state index in [0.29, 0.717) is 11.3 Å². The molecule has 18 heavy (non-hydrogen) atoms. The predicted octanol–water partition coefficient (Wildman–Crippen LogP) is 2.67. The van der Waals surface area contributed by atoms with Crippen LogP contribution < -0.4 is 5.56 Å². The standard InChI is InChI=1S/C14H11FN2O/c1-8-3-4-13(15)11(5-8)10-6-9(2)17-14(18)12(10)7-16/h3-6H,1-2H3,(H,17,18). The van der Waals surface area contributed by atoms with Crippen LogP contribution in [-0.2, 0) is 0 Å². The zero-order chi connectivity index (χ0) is 13.3. The molecule has 0 aliphatic rings. The van der Waals surface area contributed by atoms with Crippen molar-refractivity contribution in [2.45, 2.75) is 13.8 Å².